The quantitative estimate of drug-likeness (QED) is 0.204. The largest absolute Gasteiger partial charge is 0.476 e. The molecule has 4 aromatic rings. The molecule has 240 valence electrons. The smallest absolute Gasteiger partial charge is 0.356 e. The summed E-state index contributed by atoms with van der Waals surface area (Å²) in [5.74, 6) is -1.55. The van der Waals surface area contributed by atoms with E-state index in [0.29, 0.717) is 27.2 Å². The van der Waals surface area contributed by atoms with Crippen molar-refractivity contribution in [2.45, 2.75) is 63.7 Å². The van der Waals surface area contributed by atoms with E-state index < -0.39 is 5.97 Å². The molecular weight excluding hydrogens is 714 g/mol. The molecule has 2 saturated carbocycles. The fourth-order valence-electron chi connectivity index (χ4n) is 4.62. The molecule has 2 aromatic carbocycles. The summed E-state index contributed by atoms with van der Waals surface area (Å²) < 4.78 is 30.6. The maximum atomic E-state index is 13.4. The second-order valence-corrected chi connectivity index (χ2v) is 12.9. The number of nitrogens with zero attached hydrogens (tertiary/aromatic N) is 5. The van der Waals surface area contributed by atoms with Gasteiger partial charge in [0.05, 0.1) is 21.6 Å². The molecule has 2 N–H and O–H groups in total. The third-order valence-electron chi connectivity index (χ3n) is 7.65. The second-order valence-electron chi connectivity index (χ2n) is 11.2. The summed E-state index contributed by atoms with van der Waals surface area (Å²) >= 11 is 6.38. The fourth-order valence-corrected chi connectivity index (χ4v) is 5.47. The highest BCUT2D eigenvalue weighted by atomic mass is 79.9. The van der Waals surface area contributed by atoms with Crippen molar-refractivity contribution in [3.8, 4) is 0 Å². The Morgan fingerprint density at radius 2 is 1.42 bits per heavy atom. The predicted octanol–water partition coefficient (Wildman–Crippen LogP) is 6.87. The Morgan fingerprint density at radius 3 is 1.84 bits per heavy atom. The molecule has 0 unspecified atom stereocenters. The molecule has 2 aromatic heterocycles. The van der Waals surface area contributed by atoms with E-state index >= 15 is 0 Å². The van der Waals surface area contributed by atoms with Crippen LogP contribution in [0.3, 0.4) is 0 Å². The number of imidazole rings is 2. The SMILES string of the molecule is Cn1cnc(C(=O)N(Cc2ccc(F)c(Br)c2)C2CCC2)c1.Cn1cnc(C(=O)O)c1.Fc1ccc(CNC2CCC2)cc1Br. The number of benzene rings is 2. The molecule has 2 aliphatic rings. The minimum atomic E-state index is -0.990. The Kier molecular flexibility index (Phi) is 12.4. The van der Waals surface area contributed by atoms with Gasteiger partial charge in [-0.25, -0.2) is 23.5 Å². The van der Waals surface area contributed by atoms with E-state index in [9.17, 15) is 18.4 Å². The summed E-state index contributed by atoms with van der Waals surface area (Å²) in [7, 11) is 3.56. The van der Waals surface area contributed by atoms with Crippen LogP contribution in [-0.4, -0.2) is 53.1 Å². The lowest BCUT2D eigenvalue weighted by Crippen LogP contribution is -2.43. The van der Waals surface area contributed by atoms with Gasteiger partial charge in [-0.3, -0.25) is 4.79 Å². The van der Waals surface area contributed by atoms with Crippen molar-refractivity contribution in [3.63, 3.8) is 0 Å². The summed E-state index contributed by atoms with van der Waals surface area (Å²) in [5.41, 5.74) is 2.57. The number of aryl methyl sites for hydroxylation is 2. The third kappa shape index (κ3) is 10.0. The standard InChI is InChI=1S/C16H17BrFN3O.C11H13BrFN.C5H6N2O2/c1-20-9-15(19-10-20)16(22)21(12-3-2-4-12)8-11-5-6-14(18)13(17)7-11;12-10-6-8(4-5-11(10)13)7-14-9-2-1-3-9;1-7-2-4(5(8)9)6-3-7/h5-7,9-10,12H,2-4,8H2,1H3;4-6,9,14H,1-3,7H2;2-3H,1H3,(H,8,9). The van der Waals surface area contributed by atoms with Gasteiger partial charge in [0.15, 0.2) is 5.69 Å². The van der Waals surface area contributed by atoms with E-state index in [4.69, 9.17) is 5.11 Å². The van der Waals surface area contributed by atoms with E-state index in [1.165, 1.54) is 43.9 Å². The van der Waals surface area contributed by atoms with Crippen LogP contribution in [0.5, 0.6) is 0 Å². The van der Waals surface area contributed by atoms with Crippen LogP contribution in [-0.2, 0) is 27.2 Å². The predicted molar refractivity (Wildman–Crippen MR) is 174 cm³/mol. The number of halogens is 4. The number of carboxylic acid groups (broad SMARTS) is 1. The van der Waals surface area contributed by atoms with Crippen molar-refractivity contribution in [1.29, 1.82) is 0 Å². The Balaban J connectivity index is 0.000000171. The number of aromatic carboxylic acids is 1. The van der Waals surface area contributed by atoms with Gasteiger partial charge in [-0.15, -0.1) is 0 Å². The summed E-state index contributed by atoms with van der Waals surface area (Å²) in [5, 5.41) is 11.8. The molecule has 1 amide bonds. The average molecular weight is 750 g/mol. The van der Waals surface area contributed by atoms with Gasteiger partial charge in [-0.05, 0) is 99.4 Å². The number of hydrogen-bond acceptors (Lipinski definition) is 5. The Bertz CT molecular complexity index is 1600. The first-order valence-corrected chi connectivity index (χ1v) is 16.2. The number of nitrogens with one attached hydrogen (secondary N) is 1. The number of hydrogen-bond donors (Lipinski definition) is 2. The van der Waals surface area contributed by atoms with Crippen molar-refractivity contribution in [2.24, 2.45) is 14.1 Å². The van der Waals surface area contributed by atoms with Crippen molar-refractivity contribution in [3.05, 3.63) is 105 Å². The third-order valence-corrected chi connectivity index (χ3v) is 8.86. The van der Waals surface area contributed by atoms with E-state index in [-0.39, 0.29) is 29.3 Å². The fraction of sp³-hybridized carbons (Fsp3) is 0.375. The van der Waals surface area contributed by atoms with E-state index in [1.54, 1.807) is 40.8 Å². The molecular formula is C32H36Br2F2N6O3. The van der Waals surface area contributed by atoms with Crippen LogP contribution < -0.4 is 5.32 Å². The molecule has 2 heterocycles. The minimum Gasteiger partial charge on any atom is -0.476 e. The first-order chi connectivity index (χ1) is 21.5. The topological polar surface area (TPSA) is 105 Å². The highest BCUT2D eigenvalue weighted by Crippen LogP contribution is 2.28. The van der Waals surface area contributed by atoms with Crippen molar-refractivity contribution < 1.29 is 23.5 Å². The van der Waals surface area contributed by atoms with Gasteiger partial charge in [0, 0.05) is 51.7 Å². The van der Waals surface area contributed by atoms with Crippen LogP contribution in [0.25, 0.3) is 0 Å². The van der Waals surface area contributed by atoms with E-state index in [2.05, 4.69) is 47.1 Å². The molecule has 0 radical (unpaired) electrons. The summed E-state index contributed by atoms with van der Waals surface area (Å²) in [6.45, 7) is 1.31. The van der Waals surface area contributed by atoms with E-state index in [1.807, 2.05) is 24.1 Å². The Labute approximate surface area is 277 Å². The Hall–Kier alpha value is -3.42. The molecule has 45 heavy (non-hydrogen) atoms. The zero-order chi connectivity index (χ0) is 32.5. The van der Waals surface area contributed by atoms with Gasteiger partial charge in [0.2, 0.25) is 0 Å². The highest BCUT2D eigenvalue weighted by molar-refractivity contribution is 9.10. The number of carboxylic acids is 1. The number of carbonyl (C=O) groups excluding carboxylic acids is 1. The lowest BCUT2D eigenvalue weighted by Gasteiger charge is -2.37. The van der Waals surface area contributed by atoms with Crippen LogP contribution in [0.1, 0.15) is 70.6 Å². The molecule has 2 fully saturated rings. The molecule has 0 aliphatic heterocycles. The van der Waals surface area contributed by atoms with Crippen LogP contribution >= 0.6 is 31.9 Å². The normalized spacial score (nSPS) is 14.3. The van der Waals surface area contributed by atoms with Gasteiger partial charge in [0.1, 0.15) is 17.3 Å². The molecule has 6 rings (SSSR count). The monoisotopic (exact) mass is 748 g/mol. The van der Waals surface area contributed by atoms with E-state index in [0.717, 1.165) is 36.9 Å². The summed E-state index contributed by atoms with van der Waals surface area (Å²) in [4.78, 5) is 32.4. The first kappa shape index (κ1) is 34.5. The zero-order valence-corrected chi connectivity index (χ0v) is 28.3. The molecule has 0 atom stereocenters. The maximum absolute atomic E-state index is 13.4. The summed E-state index contributed by atoms with van der Waals surface area (Å²) in [6.07, 6.45) is 13.3. The lowest BCUT2D eigenvalue weighted by atomic mass is 9.91. The number of rotatable bonds is 8. The highest BCUT2D eigenvalue weighted by Gasteiger charge is 2.30. The van der Waals surface area contributed by atoms with Crippen molar-refractivity contribution in [2.75, 3.05) is 0 Å². The van der Waals surface area contributed by atoms with Gasteiger partial charge in [-0.2, -0.15) is 0 Å². The van der Waals surface area contributed by atoms with Crippen molar-refractivity contribution in [1.82, 2.24) is 29.3 Å². The average Bonchev–Trinajstić information content (AvgIpc) is 3.59. The van der Waals surface area contributed by atoms with Crippen LogP contribution in [0.4, 0.5) is 8.78 Å². The van der Waals surface area contributed by atoms with Crippen molar-refractivity contribution >= 4 is 43.7 Å². The molecule has 13 heteroatoms. The van der Waals surface area contributed by atoms with Gasteiger partial charge in [-0.1, -0.05) is 18.6 Å². The lowest BCUT2D eigenvalue weighted by molar-refractivity contribution is 0.0550. The molecule has 0 saturated heterocycles. The summed E-state index contributed by atoms with van der Waals surface area (Å²) in [6, 6.07) is 11.0. The first-order valence-electron chi connectivity index (χ1n) is 14.6. The Morgan fingerprint density at radius 1 is 0.889 bits per heavy atom. The number of carbonyl (C=O) groups is 2. The number of aromatic nitrogens is 4. The maximum Gasteiger partial charge on any atom is 0.356 e. The molecule has 9 nitrogen and oxygen atoms in total. The van der Waals surface area contributed by atoms with Gasteiger partial charge in [0.25, 0.3) is 5.91 Å². The van der Waals surface area contributed by atoms with Gasteiger partial charge < -0.3 is 24.5 Å². The minimum absolute atomic E-state index is 0.0641. The van der Waals surface area contributed by atoms with Crippen LogP contribution in [0, 0.1) is 11.6 Å². The van der Waals surface area contributed by atoms with Crippen LogP contribution in [0.2, 0.25) is 0 Å². The van der Waals surface area contributed by atoms with Crippen LogP contribution in [0.15, 0.2) is 70.4 Å². The number of amides is 1. The second kappa shape index (κ2) is 16.2. The van der Waals surface area contributed by atoms with Gasteiger partial charge >= 0.3 is 5.97 Å². The zero-order valence-electron chi connectivity index (χ0n) is 25.1. The molecule has 0 spiro atoms. The molecule has 0 bridgehead atoms. The molecule has 2 aliphatic carbocycles.